The Bertz CT molecular complexity index is 2330. The highest BCUT2D eigenvalue weighted by molar-refractivity contribution is 5.88. The van der Waals surface area contributed by atoms with Crippen LogP contribution in [0.1, 0.15) is 17.2 Å². The van der Waals surface area contributed by atoms with Crippen LogP contribution in [0.4, 0.5) is 0 Å². The van der Waals surface area contributed by atoms with E-state index in [-0.39, 0.29) is 28.4 Å². The maximum absolute atomic E-state index is 13.6. The Labute approximate surface area is 360 Å². The molecule has 0 aliphatic carbocycles. The Morgan fingerprint density at radius 3 is 1.92 bits per heavy atom. The van der Waals surface area contributed by atoms with Crippen LogP contribution in [0.15, 0.2) is 76.0 Å². The Morgan fingerprint density at radius 2 is 1.27 bits per heavy atom. The monoisotopic (exact) mass is 902 g/mol. The number of carbonyl (C=O) groups is 1. The number of rotatable bonds is 12. The SMILES string of the molecule is O=C(C=Cc1ccc(O)cc1)OC[C@H]1O[C@@H](O[C@@H]2[C@@H](O)[C@H](O)[C@@H](CO)O[C@H]2c2c(O)cc3oc(-c4ccc(O[C@@H]5O[C@H](CO)[C@@H](O)[C@H](O)[C@H]5O)cc4)cc(=O)c3c2O)[C@H](O)[C@@H](O)[C@@H]1O. The van der Waals surface area contributed by atoms with E-state index in [1.807, 2.05) is 0 Å². The van der Waals surface area contributed by atoms with Gasteiger partial charge >= 0.3 is 5.97 Å². The summed E-state index contributed by atoms with van der Waals surface area (Å²) in [6.45, 7) is -2.28. The number of hydrogen-bond acceptors (Lipinski definition) is 22. The fraction of sp³-hybridized carbons (Fsp3) is 0.429. The smallest absolute Gasteiger partial charge is 0.330 e. The van der Waals surface area contributed by atoms with Crippen molar-refractivity contribution in [3.63, 3.8) is 0 Å². The maximum Gasteiger partial charge on any atom is 0.330 e. The van der Waals surface area contributed by atoms with Gasteiger partial charge in [-0.3, -0.25) is 4.79 Å². The Balaban J connectivity index is 1.12. The first kappa shape index (κ1) is 46.7. The second-order valence-electron chi connectivity index (χ2n) is 15.3. The van der Waals surface area contributed by atoms with Gasteiger partial charge in [0.1, 0.15) is 126 Å². The van der Waals surface area contributed by atoms with Crippen molar-refractivity contribution in [1.29, 1.82) is 0 Å². The molecule has 22 nitrogen and oxygen atoms in total. The molecular formula is C42H46O22. The number of phenolic OH excluding ortho intramolecular Hbond substituents is 3. The first-order valence-electron chi connectivity index (χ1n) is 19.7. The lowest BCUT2D eigenvalue weighted by Gasteiger charge is -2.46. The second kappa shape index (κ2) is 19.4. The average Bonchev–Trinajstić information content (AvgIpc) is 3.28. The third-order valence-electron chi connectivity index (χ3n) is 11.1. The molecular weight excluding hydrogens is 856 g/mol. The summed E-state index contributed by atoms with van der Waals surface area (Å²) in [4.78, 5) is 26.1. The van der Waals surface area contributed by atoms with Gasteiger partial charge in [-0.25, -0.2) is 4.79 Å². The van der Waals surface area contributed by atoms with Crippen molar-refractivity contribution in [2.75, 3.05) is 19.8 Å². The van der Waals surface area contributed by atoms with Gasteiger partial charge in [0.15, 0.2) is 11.7 Å². The molecule has 0 bridgehead atoms. The van der Waals surface area contributed by atoms with Gasteiger partial charge in [-0.15, -0.1) is 0 Å². The number of aliphatic hydroxyl groups excluding tert-OH is 10. The van der Waals surface area contributed by atoms with Crippen LogP contribution in [0.5, 0.6) is 23.0 Å². The molecule has 3 aliphatic heterocycles. The molecule has 3 aromatic carbocycles. The minimum atomic E-state index is -2.06. The summed E-state index contributed by atoms with van der Waals surface area (Å²) in [5.41, 5.74) is -1.01. The molecule has 7 rings (SSSR count). The highest BCUT2D eigenvalue weighted by atomic mass is 16.7. The number of fused-ring (bicyclic) bond motifs is 1. The van der Waals surface area contributed by atoms with E-state index >= 15 is 0 Å². The molecule has 0 spiro atoms. The Hall–Kier alpha value is -5.28. The molecule has 3 aliphatic rings. The van der Waals surface area contributed by atoms with Gasteiger partial charge in [0.2, 0.25) is 6.29 Å². The molecule has 1 aromatic heterocycles. The van der Waals surface area contributed by atoms with Crippen LogP contribution in [-0.2, 0) is 28.5 Å². The van der Waals surface area contributed by atoms with E-state index in [4.69, 9.17) is 32.8 Å². The summed E-state index contributed by atoms with van der Waals surface area (Å²) < 4.78 is 39.3. The van der Waals surface area contributed by atoms with Gasteiger partial charge in [-0.1, -0.05) is 12.1 Å². The van der Waals surface area contributed by atoms with Crippen LogP contribution >= 0.6 is 0 Å². The zero-order valence-electron chi connectivity index (χ0n) is 33.2. The van der Waals surface area contributed by atoms with Crippen molar-refractivity contribution in [2.45, 2.75) is 91.9 Å². The molecule has 3 fully saturated rings. The van der Waals surface area contributed by atoms with Crippen molar-refractivity contribution < 1.29 is 104 Å². The number of phenols is 3. The standard InChI is InChI=1S/C42H46O22/c43-13-24-31(50)36(55)40(64-42-38(57)35(54)32(51)26(63-42)15-58-27(48)10-3-16-1-6-18(45)7-2-16)39(61-24)29-21(47)12-23-28(33(29)52)20(46)11-22(60-23)17-4-8-19(9-5-17)59-41-37(56)34(53)30(49)25(14-44)62-41/h1-12,24-26,30-32,34-45,47,49-57H,13-15H2/t24-,25-,26-,30-,31-,32-,34+,35+,36+,37-,38-,39+,40-,41-,42+/m1/s1. The molecule has 13 N–H and O–H groups in total. The van der Waals surface area contributed by atoms with Crippen LogP contribution < -0.4 is 10.2 Å². The first-order valence-corrected chi connectivity index (χ1v) is 19.7. The molecule has 15 atom stereocenters. The lowest BCUT2D eigenvalue weighted by Crippen LogP contribution is -2.63. The average molecular weight is 903 g/mol. The van der Waals surface area contributed by atoms with E-state index in [2.05, 4.69) is 0 Å². The maximum atomic E-state index is 13.6. The zero-order chi connectivity index (χ0) is 46.1. The van der Waals surface area contributed by atoms with Gasteiger partial charge in [0, 0.05) is 23.8 Å². The van der Waals surface area contributed by atoms with E-state index in [0.29, 0.717) is 5.56 Å². The van der Waals surface area contributed by atoms with Gasteiger partial charge in [-0.05, 0) is 48.0 Å². The molecule has 0 amide bonds. The summed E-state index contributed by atoms with van der Waals surface area (Å²) in [6, 6.07) is 13.4. The van der Waals surface area contributed by atoms with E-state index in [1.165, 1.54) is 54.6 Å². The number of aliphatic hydroxyl groups is 10. The number of esters is 1. The normalized spacial score (nSPS) is 33.3. The quantitative estimate of drug-likeness (QED) is 0.0510. The lowest BCUT2D eigenvalue weighted by atomic mass is 9.89. The van der Waals surface area contributed by atoms with Crippen molar-refractivity contribution in [3.8, 4) is 34.3 Å². The molecule has 4 aromatic rings. The lowest BCUT2D eigenvalue weighted by molar-refractivity contribution is -0.342. The summed E-state index contributed by atoms with van der Waals surface area (Å²) in [5.74, 6) is -2.63. The van der Waals surface area contributed by atoms with Gasteiger partial charge in [-0.2, -0.15) is 0 Å². The van der Waals surface area contributed by atoms with E-state index in [1.54, 1.807) is 0 Å². The van der Waals surface area contributed by atoms with Crippen molar-refractivity contribution in [1.82, 2.24) is 0 Å². The third kappa shape index (κ3) is 9.42. The number of carbonyl (C=O) groups excluding carboxylic acids is 1. The largest absolute Gasteiger partial charge is 0.508 e. The molecule has 0 saturated carbocycles. The molecule has 4 heterocycles. The van der Waals surface area contributed by atoms with Crippen LogP contribution in [0, 0.1) is 0 Å². The predicted molar refractivity (Wildman–Crippen MR) is 212 cm³/mol. The minimum absolute atomic E-state index is 0.00472. The highest BCUT2D eigenvalue weighted by Crippen LogP contribution is 2.46. The van der Waals surface area contributed by atoms with Gasteiger partial charge in [0.05, 0.1) is 18.8 Å². The van der Waals surface area contributed by atoms with Crippen LogP contribution in [-0.4, -0.2) is 178 Å². The molecule has 346 valence electrons. The van der Waals surface area contributed by atoms with Gasteiger partial charge in [0.25, 0.3) is 0 Å². The van der Waals surface area contributed by atoms with E-state index < -0.39 is 146 Å². The zero-order valence-corrected chi connectivity index (χ0v) is 33.2. The molecule has 0 radical (unpaired) electrons. The molecule has 64 heavy (non-hydrogen) atoms. The fourth-order valence-electron chi connectivity index (χ4n) is 7.48. The third-order valence-corrected chi connectivity index (χ3v) is 11.1. The van der Waals surface area contributed by atoms with Crippen molar-refractivity contribution in [2.24, 2.45) is 0 Å². The number of hydrogen-bond donors (Lipinski definition) is 13. The van der Waals surface area contributed by atoms with Crippen LogP contribution in [0.25, 0.3) is 28.4 Å². The van der Waals surface area contributed by atoms with Crippen molar-refractivity contribution in [3.05, 3.63) is 88.1 Å². The predicted octanol–water partition coefficient (Wildman–Crippen LogP) is -2.64. The molecule has 0 unspecified atom stereocenters. The molecule has 22 heteroatoms. The van der Waals surface area contributed by atoms with Crippen LogP contribution in [0.2, 0.25) is 0 Å². The second-order valence-corrected chi connectivity index (χ2v) is 15.3. The molecule has 3 saturated heterocycles. The fourth-order valence-corrected chi connectivity index (χ4v) is 7.48. The Morgan fingerprint density at radius 1 is 0.672 bits per heavy atom. The van der Waals surface area contributed by atoms with E-state index in [0.717, 1.165) is 18.2 Å². The number of aromatic hydroxyl groups is 3. The number of ether oxygens (including phenoxy) is 6. The van der Waals surface area contributed by atoms with Gasteiger partial charge < -0.3 is 99.2 Å². The summed E-state index contributed by atoms with van der Waals surface area (Å²) in [5, 5.41) is 136. The van der Waals surface area contributed by atoms with Crippen LogP contribution in [0.3, 0.4) is 0 Å². The summed E-state index contributed by atoms with van der Waals surface area (Å²) in [6.07, 6.45) is -24.0. The summed E-state index contributed by atoms with van der Waals surface area (Å²) in [7, 11) is 0. The van der Waals surface area contributed by atoms with E-state index in [9.17, 15) is 76.0 Å². The Kier molecular flexibility index (Phi) is 14.2. The summed E-state index contributed by atoms with van der Waals surface area (Å²) >= 11 is 0. The highest BCUT2D eigenvalue weighted by Gasteiger charge is 2.52. The minimum Gasteiger partial charge on any atom is -0.508 e. The number of benzene rings is 3. The van der Waals surface area contributed by atoms with Crippen molar-refractivity contribution >= 4 is 23.0 Å². The first-order chi connectivity index (χ1) is 30.5. The topological polar surface area (TPSA) is 366 Å².